The largest absolute Gasteiger partial charge is 0.478 e. The average molecular weight is 478 g/mol. The molecule has 0 spiro atoms. The Bertz CT molecular complexity index is 1190. The van der Waals surface area contributed by atoms with Gasteiger partial charge in [-0.15, -0.1) is 11.3 Å². The highest BCUT2D eigenvalue weighted by molar-refractivity contribution is 7.09. The minimum absolute atomic E-state index is 0.00327. The molecule has 0 unspecified atom stereocenters. The van der Waals surface area contributed by atoms with Crippen molar-refractivity contribution in [1.82, 2.24) is 15.6 Å². The number of aliphatic carboxylic acids is 1. The quantitative estimate of drug-likeness (QED) is 0.406. The van der Waals surface area contributed by atoms with Crippen LogP contribution in [0.25, 0.3) is 11.1 Å². The van der Waals surface area contributed by atoms with Gasteiger partial charge in [0.05, 0.1) is 5.01 Å². The molecule has 1 aromatic heterocycles. The number of ether oxygens (including phenoxy) is 1. The van der Waals surface area contributed by atoms with E-state index in [1.54, 1.807) is 5.38 Å². The van der Waals surface area contributed by atoms with Crippen LogP contribution < -0.4 is 10.6 Å². The Morgan fingerprint density at radius 1 is 1.03 bits per heavy atom. The first-order valence-electron chi connectivity index (χ1n) is 10.7. The maximum Gasteiger partial charge on any atom is 0.407 e. The number of carbonyl (C=O) groups excluding carboxylic acids is 2. The number of carboxylic acids is 1. The van der Waals surface area contributed by atoms with E-state index in [0.29, 0.717) is 18.0 Å². The molecule has 2 amide bonds. The van der Waals surface area contributed by atoms with Gasteiger partial charge in [-0.1, -0.05) is 54.6 Å². The Morgan fingerprint density at radius 3 is 2.38 bits per heavy atom. The fourth-order valence-corrected chi connectivity index (χ4v) is 4.63. The van der Waals surface area contributed by atoms with Crippen LogP contribution in [0, 0.1) is 0 Å². The first kappa shape index (κ1) is 23.2. The maximum atomic E-state index is 12.3. The molecule has 0 saturated heterocycles. The van der Waals surface area contributed by atoms with Gasteiger partial charge >= 0.3 is 12.1 Å². The molecule has 1 heterocycles. The van der Waals surface area contributed by atoms with Crippen LogP contribution >= 0.6 is 11.3 Å². The van der Waals surface area contributed by atoms with Crippen LogP contribution in [-0.2, 0) is 16.0 Å². The van der Waals surface area contributed by atoms with Crippen LogP contribution in [0.4, 0.5) is 4.79 Å². The molecule has 1 aliphatic carbocycles. The smallest absolute Gasteiger partial charge is 0.407 e. The molecule has 0 atom stereocenters. The fraction of sp³-hybridized carbons (Fsp3) is 0.200. The Hall–Kier alpha value is -3.98. The number of nitrogens with zero attached hydrogens (tertiary/aromatic N) is 1. The minimum Gasteiger partial charge on any atom is -0.478 e. The lowest BCUT2D eigenvalue weighted by molar-refractivity contribution is -0.131. The molecule has 0 saturated carbocycles. The zero-order chi connectivity index (χ0) is 23.9. The molecule has 3 aromatic rings. The number of aromatic nitrogens is 1. The highest BCUT2D eigenvalue weighted by Crippen LogP contribution is 2.44. The van der Waals surface area contributed by atoms with Gasteiger partial charge in [-0.3, -0.25) is 4.79 Å². The summed E-state index contributed by atoms with van der Waals surface area (Å²) in [5, 5.41) is 16.2. The van der Waals surface area contributed by atoms with E-state index in [2.05, 4.69) is 39.9 Å². The second-order valence-electron chi connectivity index (χ2n) is 7.58. The number of rotatable bonds is 9. The third-order valence-corrected chi connectivity index (χ3v) is 6.29. The second-order valence-corrected chi connectivity index (χ2v) is 8.52. The van der Waals surface area contributed by atoms with E-state index in [0.717, 1.165) is 17.2 Å². The molecule has 3 N–H and O–H groups in total. The number of alkyl carbamates (subject to hydrolysis) is 1. The summed E-state index contributed by atoms with van der Waals surface area (Å²) in [6.07, 6.45) is 2.26. The molecule has 0 radical (unpaired) electrons. The fourth-order valence-electron chi connectivity index (χ4n) is 3.85. The van der Waals surface area contributed by atoms with E-state index in [4.69, 9.17) is 9.84 Å². The van der Waals surface area contributed by atoms with Crippen molar-refractivity contribution in [3.63, 3.8) is 0 Å². The molecule has 2 aromatic carbocycles. The summed E-state index contributed by atoms with van der Waals surface area (Å²) in [4.78, 5) is 39.0. The van der Waals surface area contributed by atoms with Gasteiger partial charge in [0.2, 0.25) is 0 Å². The lowest BCUT2D eigenvalue weighted by atomic mass is 9.98. The summed E-state index contributed by atoms with van der Waals surface area (Å²) in [6, 6.07) is 16.3. The number of carboxylic acid groups (broad SMARTS) is 1. The van der Waals surface area contributed by atoms with Crippen LogP contribution in [0.5, 0.6) is 0 Å². The third-order valence-electron chi connectivity index (χ3n) is 5.38. The molecule has 0 aliphatic heterocycles. The van der Waals surface area contributed by atoms with Crippen molar-refractivity contribution >= 4 is 29.3 Å². The summed E-state index contributed by atoms with van der Waals surface area (Å²) < 4.78 is 5.51. The lowest BCUT2D eigenvalue weighted by Crippen LogP contribution is -2.28. The van der Waals surface area contributed by atoms with Gasteiger partial charge in [-0.2, -0.15) is 0 Å². The van der Waals surface area contributed by atoms with Crippen LogP contribution in [-0.4, -0.2) is 47.8 Å². The molecule has 34 heavy (non-hydrogen) atoms. The maximum absolute atomic E-state index is 12.3. The number of thiazole rings is 1. The Morgan fingerprint density at radius 2 is 1.71 bits per heavy atom. The van der Waals surface area contributed by atoms with Crippen LogP contribution in [0.1, 0.15) is 32.5 Å². The first-order chi connectivity index (χ1) is 16.5. The van der Waals surface area contributed by atoms with E-state index < -0.39 is 12.1 Å². The minimum atomic E-state index is -1.07. The molecule has 4 rings (SSSR count). The number of hydrogen-bond acceptors (Lipinski definition) is 6. The zero-order valence-electron chi connectivity index (χ0n) is 18.2. The number of amides is 2. The van der Waals surface area contributed by atoms with E-state index >= 15 is 0 Å². The van der Waals surface area contributed by atoms with Gasteiger partial charge < -0.3 is 20.5 Å². The van der Waals surface area contributed by atoms with Gasteiger partial charge in [0.25, 0.3) is 5.91 Å². The van der Waals surface area contributed by atoms with Crippen molar-refractivity contribution < 1.29 is 24.2 Å². The van der Waals surface area contributed by atoms with Crippen molar-refractivity contribution in [3.05, 3.63) is 87.9 Å². The molecule has 9 heteroatoms. The summed E-state index contributed by atoms with van der Waals surface area (Å²) >= 11 is 1.32. The molecule has 8 nitrogen and oxygen atoms in total. The molecular formula is C25H23N3O5S. The third kappa shape index (κ3) is 5.49. The molecule has 0 fully saturated rings. The van der Waals surface area contributed by atoms with Crippen LogP contribution in [0.2, 0.25) is 0 Å². The molecule has 0 bridgehead atoms. The molecular weight excluding hydrogens is 454 g/mol. The number of carbonyl (C=O) groups is 3. The van der Waals surface area contributed by atoms with Crippen LogP contribution in [0.15, 0.2) is 66.1 Å². The highest BCUT2D eigenvalue weighted by atomic mass is 32.1. The predicted molar refractivity (Wildman–Crippen MR) is 128 cm³/mol. The van der Waals surface area contributed by atoms with Gasteiger partial charge in [0.1, 0.15) is 12.3 Å². The number of hydrogen-bond donors (Lipinski definition) is 3. The van der Waals surface area contributed by atoms with Gasteiger partial charge in [-0.25, -0.2) is 14.6 Å². The standard InChI is InChI=1S/C25H23N3O5S/c29-23(30)10-5-12-26-24(31)21-15-34-22(28-21)11-13-27-25(32)33-14-20-18-8-3-1-6-16(18)17-7-2-4-9-19(17)20/h1-10,15,20H,11-14H2,(H,26,31)(H,27,32)(H,29,30)/b10-5+. The summed E-state index contributed by atoms with van der Waals surface area (Å²) in [6.45, 7) is 0.672. The van der Waals surface area contributed by atoms with Gasteiger partial charge in [0, 0.05) is 36.9 Å². The molecule has 174 valence electrons. The van der Waals surface area contributed by atoms with Gasteiger partial charge in [-0.05, 0) is 22.3 Å². The lowest BCUT2D eigenvalue weighted by Gasteiger charge is -2.14. The number of benzene rings is 2. The summed E-state index contributed by atoms with van der Waals surface area (Å²) in [5.74, 6) is -1.46. The average Bonchev–Trinajstić information content (AvgIpc) is 3.43. The SMILES string of the molecule is O=C(O)/C=C/CNC(=O)c1csc(CCNC(=O)OCC2c3ccccc3-c3ccccc32)n1. The predicted octanol–water partition coefficient (Wildman–Crippen LogP) is 3.59. The van der Waals surface area contributed by atoms with Crippen LogP contribution in [0.3, 0.4) is 0 Å². The second kappa shape index (κ2) is 10.8. The van der Waals surface area contributed by atoms with Crippen molar-refractivity contribution in [1.29, 1.82) is 0 Å². The van der Waals surface area contributed by atoms with Gasteiger partial charge in [0.15, 0.2) is 0 Å². The van der Waals surface area contributed by atoms with E-state index in [1.807, 2.05) is 24.3 Å². The Labute approximate surface area is 200 Å². The number of nitrogens with one attached hydrogen (secondary N) is 2. The normalized spacial score (nSPS) is 12.2. The topological polar surface area (TPSA) is 118 Å². The zero-order valence-corrected chi connectivity index (χ0v) is 19.0. The summed E-state index contributed by atoms with van der Waals surface area (Å²) in [5.41, 5.74) is 4.92. The van der Waals surface area contributed by atoms with E-state index in [-0.39, 0.29) is 30.7 Å². The summed E-state index contributed by atoms with van der Waals surface area (Å²) in [7, 11) is 0. The Balaban J connectivity index is 1.23. The van der Waals surface area contributed by atoms with Crippen molar-refractivity contribution in [2.45, 2.75) is 12.3 Å². The highest BCUT2D eigenvalue weighted by Gasteiger charge is 2.28. The van der Waals surface area contributed by atoms with Crippen molar-refractivity contribution in [3.8, 4) is 11.1 Å². The van der Waals surface area contributed by atoms with E-state index in [9.17, 15) is 14.4 Å². The monoisotopic (exact) mass is 477 g/mol. The Kier molecular flexibility index (Phi) is 7.34. The van der Waals surface area contributed by atoms with Crippen molar-refractivity contribution in [2.24, 2.45) is 0 Å². The molecule has 1 aliphatic rings. The first-order valence-corrected chi connectivity index (χ1v) is 11.6. The number of fused-ring (bicyclic) bond motifs is 3. The van der Waals surface area contributed by atoms with Crippen molar-refractivity contribution in [2.75, 3.05) is 19.7 Å². The van der Waals surface area contributed by atoms with E-state index in [1.165, 1.54) is 28.5 Å².